The summed E-state index contributed by atoms with van der Waals surface area (Å²) in [7, 11) is 0. The SMILES string of the molecule is O=C([C@H]1CCCN(c2c(-c3ccccc3)c3cc(Cl)ccc3[nH]c2=O)C1)N1CCOCC1. The normalized spacial score (nSPS) is 19.3. The van der Waals surface area contributed by atoms with Gasteiger partial charge in [0.2, 0.25) is 5.91 Å². The molecule has 3 aromatic rings. The van der Waals surface area contributed by atoms with Crippen LogP contribution in [0.1, 0.15) is 12.8 Å². The van der Waals surface area contributed by atoms with E-state index in [4.69, 9.17) is 16.3 Å². The minimum atomic E-state index is -0.141. The Morgan fingerprint density at radius 3 is 2.62 bits per heavy atom. The van der Waals surface area contributed by atoms with Crippen molar-refractivity contribution in [3.63, 3.8) is 0 Å². The lowest BCUT2D eigenvalue weighted by Crippen LogP contribution is -2.49. The number of aromatic amines is 1. The number of morpholine rings is 1. The van der Waals surface area contributed by atoms with E-state index < -0.39 is 0 Å². The highest BCUT2D eigenvalue weighted by atomic mass is 35.5. The summed E-state index contributed by atoms with van der Waals surface area (Å²) in [5.74, 6) is 0.0412. The lowest BCUT2D eigenvalue weighted by Gasteiger charge is -2.37. The average Bonchev–Trinajstić information content (AvgIpc) is 2.84. The summed E-state index contributed by atoms with van der Waals surface area (Å²) in [6, 6.07) is 15.5. The number of benzene rings is 2. The van der Waals surface area contributed by atoms with E-state index in [2.05, 4.69) is 9.88 Å². The zero-order chi connectivity index (χ0) is 22.1. The average molecular weight is 452 g/mol. The molecular weight excluding hydrogens is 426 g/mol. The Morgan fingerprint density at radius 2 is 1.84 bits per heavy atom. The molecular formula is C25H26ClN3O3. The topological polar surface area (TPSA) is 65.6 Å². The Hall–Kier alpha value is -2.83. The molecule has 0 aliphatic carbocycles. The molecule has 1 aromatic heterocycles. The molecule has 1 atom stereocenters. The highest BCUT2D eigenvalue weighted by Crippen LogP contribution is 2.37. The Morgan fingerprint density at radius 1 is 1.06 bits per heavy atom. The largest absolute Gasteiger partial charge is 0.378 e. The van der Waals surface area contributed by atoms with Crippen LogP contribution in [0, 0.1) is 5.92 Å². The molecule has 2 aliphatic rings. The summed E-state index contributed by atoms with van der Waals surface area (Å²) in [4.78, 5) is 33.5. The van der Waals surface area contributed by atoms with Crippen molar-refractivity contribution in [2.75, 3.05) is 44.3 Å². The van der Waals surface area contributed by atoms with E-state index in [-0.39, 0.29) is 17.4 Å². The quantitative estimate of drug-likeness (QED) is 0.655. The maximum atomic E-state index is 13.3. The maximum Gasteiger partial charge on any atom is 0.272 e. The summed E-state index contributed by atoms with van der Waals surface area (Å²) < 4.78 is 5.40. The van der Waals surface area contributed by atoms with Crippen molar-refractivity contribution in [2.24, 2.45) is 5.92 Å². The third-order valence-electron chi connectivity index (χ3n) is 6.42. The van der Waals surface area contributed by atoms with Gasteiger partial charge in [-0.15, -0.1) is 0 Å². The van der Waals surface area contributed by atoms with Crippen molar-refractivity contribution < 1.29 is 9.53 Å². The summed E-state index contributed by atoms with van der Waals surface area (Å²) in [6.45, 7) is 3.73. The molecule has 0 saturated carbocycles. The van der Waals surface area contributed by atoms with Crippen molar-refractivity contribution in [1.82, 2.24) is 9.88 Å². The predicted octanol–water partition coefficient (Wildman–Crippen LogP) is 3.92. The van der Waals surface area contributed by atoms with Gasteiger partial charge in [0, 0.05) is 47.7 Å². The Bertz CT molecular complexity index is 1190. The van der Waals surface area contributed by atoms with Gasteiger partial charge >= 0.3 is 0 Å². The first-order valence-corrected chi connectivity index (χ1v) is 11.5. The Kier molecular flexibility index (Phi) is 5.89. The van der Waals surface area contributed by atoms with Crippen LogP contribution >= 0.6 is 11.6 Å². The molecule has 32 heavy (non-hydrogen) atoms. The first-order chi connectivity index (χ1) is 15.6. The molecule has 0 spiro atoms. The minimum absolute atomic E-state index is 0.125. The lowest BCUT2D eigenvalue weighted by atomic mass is 9.93. The molecule has 0 radical (unpaired) electrons. The molecule has 1 amide bonds. The number of amides is 1. The van der Waals surface area contributed by atoms with Crippen LogP contribution in [0.4, 0.5) is 5.69 Å². The summed E-state index contributed by atoms with van der Waals surface area (Å²) >= 11 is 6.34. The molecule has 2 aliphatic heterocycles. The zero-order valence-electron chi connectivity index (χ0n) is 17.9. The van der Waals surface area contributed by atoms with E-state index in [0.717, 1.165) is 41.4 Å². The molecule has 6 nitrogen and oxygen atoms in total. The van der Waals surface area contributed by atoms with Crippen LogP contribution in [-0.4, -0.2) is 55.2 Å². The van der Waals surface area contributed by atoms with Crippen LogP contribution in [-0.2, 0) is 9.53 Å². The van der Waals surface area contributed by atoms with Gasteiger partial charge in [-0.05, 0) is 36.6 Å². The second-order valence-corrected chi connectivity index (χ2v) is 8.89. The number of anilines is 1. The number of hydrogen-bond acceptors (Lipinski definition) is 4. The van der Waals surface area contributed by atoms with Gasteiger partial charge < -0.3 is 19.5 Å². The van der Waals surface area contributed by atoms with Crippen molar-refractivity contribution >= 4 is 34.1 Å². The van der Waals surface area contributed by atoms with Gasteiger partial charge in [-0.3, -0.25) is 9.59 Å². The van der Waals surface area contributed by atoms with Gasteiger partial charge in [-0.1, -0.05) is 41.9 Å². The molecule has 0 unspecified atom stereocenters. The van der Waals surface area contributed by atoms with Gasteiger partial charge in [0.05, 0.1) is 19.1 Å². The number of piperidine rings is 1. The molecule has 166 valence electrons. The van der Waals surface area contributed by atoms with E-state index in [1.807, 2.05) is 47.4 Å². The van der Waals surface area contributed by atoms with Crippen molar-refractivity contribution in [3.8, 4) is 11.1 Å². The number of pyridine rings is 1. The standard InChI is InChI=1S/C25H26ClN3O3/c26-19-8-9-21-20(15-19)22(17-5-2-1-3-6-17)23(24(30)27-21)29-10-4-7-18(16-29)25(31)28-11-13-32-14-12-28/h1-3,5-6,8-9,15,18H,4,7,10-14,16H2,(H,27,30)/t18-/m0/s1. The number of carbonyl (C=O) groups excluding carboxylic acids is 1. The number of rotatable bonds is 3. The molecule has 2 fully saturated rings. The van der Waals surface area contributed by atoms with Crippen LogP contribution in [0.25, 0.3) is 22.0 Å². The number of nitrogens with one attached hydrogen (secondary N) is 1. The van der Waals surface area contributed by atoms with Gasteiger partial charge in [0.1, 0.15) is 5.69 Å². The van der Waals surface area contributed by atoms with Gasteiger partial charge in [0.15, 0.2) is 0 Å². The Labute approximate surface area is 191 Å². The number of hydrogen-bond donors (Lipinski definition) is 1. The molecule has 7 heteroatoms. The smallest absolute Gasteiger partial charge is 0.272 e. The number of ether oxygens (including phenoxy) is 1. The number of H-pyrrole nitrogens is 1. The fourth-order valence-corrected chi connectivity index (χ4v) is 5.05. The van der Waals surface area contributed by atoms with Gasteiger partial charge in [0.25, 0.3) is 5.56 Å². The van der Waals surface area contributed by atoms with E-state index in [0.29, 0.717) is 43.6 Å². The monoisotopic (exact) mass is 451 g/mol. The molecule has 2 saturated heterocycles. The van der Waals surface area contributed by atoms with Crippen molar-refractivity contribution in [1.29, 1.82) is 0 Å². The summed E-state index contributed by atoms with van der Waals surface area (Å²) in [5, 5.41) is 1.52. The van der Waals surface area contributed by atoms with Gasteiger partial charge in [-0.2, -0.15) is 0 Å². The third-order valence-corrected chi connectivity index (χ3v) is 6.66. The third kappa shape index (κ3) is 4.00. The lowest BCUT2D eigenvalue weighted by molar-refractivity contribution is -0.139. The van der Waals surface area contributed by atoms with E-state index in [9.17, 15) is 9.59 Å². The number of fused-ring (bicyclic) bond motifs is 1. The fourth-order valence-electron chi connectivity index (χ4n) is 4.88. The highest BCUT2D eigenvalue weighted by molar-refractivity contribution is 6.31. The molecule has 5 rings (SSSR count). The van der Waals surface area contributed by atoms with E-state index >= 15 is 0 Å². The van der Waals surface area contributed by atoms with Crippen LogP contribution in [0.3, 0.4) is 0 Å². The van der Waals surface area contributed by atoms with Crippen LogP contribution in [0.15, 0.2) is 53.3 Å². The first kappa shape index (κ1) is 21.0. The number of aromatic nitrogens is 1. The van der Waals surface area contributed by atoms with Gasteiger partial charge in [-0.25, -0.2) is 0 Å². The van der Waals surface area contributed by atoms with Crippen molar-refractivity contribution in [2.45, 2.75) is 12.8 Å². The molecule has 3 heterocycles. The van der Waals surface area contributed by atoms with E-state index in [1.54, 1.807) is 6.07 Å². The second-order valence-electron chi connectivity index (χ2n) is 8.46. The molecule has 1 N–H and O–H groups in total. The predicted molar refractivity (Wildman–Crippen MR) is 127 cm³/mol. The van der Waals surface area contributed by atoms with Crippen LogP contribution in [0.5, 0.6) is 0 Å². The minimum Gasteiger partial charge on any atom is -0.378 e. The van der Waals surface area contributed by atoms with Crippen LogP contribution < -0.4 is 10.5 Å². The highest BCUT2D eigenvalue weighted by Gasteiger charge is 2.32. The molecule has 2 aromatic carbocycles. The molecule has 0 bridgehead atoms. The Balaban J connectivity index is 1.58. The van der Waals surface area contributed by atoms with Crippen LogP contribution in [0.2, 0.25) is 5.02 Å². The fraction of sp³-hybridized carbons (Fsp3) is 0.360. The van der Waals surface area contributed by atoms with Crippen molar-refractivity contribution in [3.05, 3.63) is 63.9 Å². The summed E-state index contributed by atoms with van der Waals surface area (Å²) in [6.07, 6.45) is 1.70. The maximum absolute atomic E-state index is 13.3. The second kappa shape index (κ2) is 8.96. The van der Waals surface area contributed by atoms with E-state index in [1.165, 1.54) is 0 Å². The first-order valence-electron chi connectivity index (χ1n) is 11.1. The number of nitrogens with zero attached hydrogens (tertiary/aromatic N) is 2. The zero-order valence-corrected chi connectivity index (χ0v) is 18.6. The number of halogens is 1. The summed E-state index contributed by atoms with van der Waals surface area (Å²) in [5.41, 5.74) is 3.05. The number of carbonyl (C=O) groups is 1.